The topological polar surface area (TPSA) is 93.1 Å². The molecule has 0 saturated heterocycles. The molecule has 0 bridgehead atoms. The van der Waals surface area contributed by atoms with E-state index in [4.69, 9.17) is 9.47 Å². The number of aliphatic hydroxyl groups excluding tert-OH is 2. The number of hydrogen-bond acceptors (Lipinski definition) is 7. The zero-order valence-corrected chi connectivity index (χ0v) is 19.8. The van der Waals surface area contributed by atoms with Gasteiger partial charge in [0.15, 0.2) is 0 Å². The molecule has 0 aliphatic heterocycles. The molecule has 3 rings (SSSR count). The number of hydrogen-bond donors (Lipinski definition) is 2. The minimum atomic E-state index is -1.66. The van der Waals surface area contributed by atoms with E-state index in [2.05, 4.69) is 0 Å². The first-order valence-corrected chi connectivity index (χ1v) is 11.6. The number of ether oxygens (including phenoxy) is 2. The maximum absolute atomic E-state index is 13.2. The third-order valence-electron chi connectivity index (χ3n) is 5.33. The highest BCUT2D eigenvalue weighted by Crippen LogP contribution is 2.31. The number of aldehydes is 1. The third kappa shape index (κ3) is 6.80. The number of benzene rings is 2. The van der Waals surface area contributed by atoms with Gasteiger partial charge in [-0.05, 0) is 53.4 Å². The summed E-state index contributed by atoms with van der Waals surface area (Å²) in [5.74, 6) is -0.987. The molecule has 2 N–H and O–H groups in total. The SMILES string of the molecule is CC(=O)OC(O)C(CO)OC(CC=O)c1ccc(C)c(Cc2ccc(-c3ccc(F)cc3)s2)c1. The van der Waals surface area contributed by atoms with Crippen molar-refractivity contribution >= 4 is 23.6 Å². The molecule has 0 aliphatic carbocycles. The number of esters is 1. The Kier molecular flexibility index (Phi) is 9.06. The second-order valence-corrected chi connectivity index (χ2v) is 9.05. The highest BCUT2D eigenvalue weighted by Gasteiger charge is 2.27. The van der Waals surface area contributed by atoms with Gasteiger partial charge < -0.3 is 24.5 Å². The van der Waals surface area contributed by atoms with Gasteiger partial charge in [0.1, 0.15) is 18.2 Å². The van der Waals surface area contributed by atoms with Crippen LogP contribution in [0.1, 0.15) is 41.0 Å². The monoisotopic (exact) mass is 486 g/mol. The number of carbonyl (C=O) groups is 2. The summed E-state index contributed by atoms with van der Waals surface area (Å²) in [5, 5.41) is 19.6. The number of thiophene rings is 1. The Labute approximate surface area is 201 Å². The van der Waals surface area contributed by atoms with Gasteiger partial charge in [-0.2, -0.15) is 0 Å². The zero-order chi connectivity index (χ0) is 24.7. The van der Waals surface area contributed by atoms with Crippen molar-refractivity contribution in [3.63, 3.8) is 0 Å². The molecule has 3 unspecified atom stereocenters. The van der Waals surface area contributed by atoms with Gasteiger partial charge in [-0.15, -0.1) is 11.3 Å². The van der Waals surface area contributed by atoms with E-state index in [1.165, 1.54) is 12.1 Å². The highest BCUT2D eigenvalue weighted by atomic mass is 32.1. The van der Waals surface area contributed by atoms with Gasteiger partial charge >= 0.3 is 5.97 Å². The van der Waals surface area contributed by atoms with E-state index < -0.39 is 31.1 Å². The van der Waals surface area contributed by atoms with Crippen LogP contribution in [0.25, 0.3) is 10.4 Å². The fourth-order valence-electron chi connectivity index (χ4n) is 3.53. The number of aryl methyl sites for hydroxylation is 1. The Hall–Kier alpha value is -2.91. The number of carbonyl (C=O) groups excluding carboxylic acids is 2. The maximum Gasteiger partial charge on any atom is 0.305 e. The summed E-state index contributed by atoms with van der Waals surface area (Å²) in [6.07, 6.45) is -2.24. The van der Waals surface area contributed by atoms with Gasteiger partial charge in [0.25, 0.3) is 0 Å². The molecule has 3 atom stereocenters. The molecular weight excluding hydrogens is 459 g/mol. The zero-order valence-electron chi connectivity index (χ0n) is 18.9. The van der Waals surface area contributed by atoms with E-state index in [-0.39, 0.29) is 12.2 Å². The van der Waals surface area contributed by atoms with Gasteiger partial charge in [0, 0.05) is 29.5 Å². The van der Waals surface area contributed by atoms with Crippen molar-refractivity contribution in [3.05, 3.63) is 82.0 Å². The first kappa shape index (κ1) is 25.7. The lowest BCUT2D eigenvalue weighted by atomic mass is 9.98. The van der Waals surface area contributed by atoms with Gasteiger partial charge in [-0.3, -0.25) is 4.79 Å². The van der Waals surface area contributed by atoms with Crippen LogP contribution in [-0.2, 0) is 25.5 Å². The van der Waals surface area contributed by atoms with Crippen LogP contribution in [0.15, 0.2) is 54.6 Å². The van der Waals surface area contributed by atoms with Crippen molar-refractivity contribution < 1.29 is 33.7 Å². The number of halogens is 1. The summed E-state index contributed by atoms with van der Waals surface area (Å²) in [6.45, 7) is 2.53. The Morgan fingerprint density at radius 3 is 2.53 bits per heavy atom. The molecule has 34 heavy (non-hydrogen) atoms. The van der Waals surface area contributed by atoms with Crippen molar-refractivity contribution in [1.82, 2.24) is 0 Å². The predicted molar refractivity (Wildman–Crippen MR) is 127 cm³/mol. The molecule has 0 radical (unpaired) electrons. The minimum absolute atomic E-state index is 0.000487. The van der Waals surface area contributed by atoms with Gasteiger partial charge in [0.05, 0.1) is 12.7 Å². The van der Waals surface area contributed by atoms with Crippen molar-refractivity contribution in [3.8, 4) is 10.4 Å². The summed E-state index contributed by atoms with van der Waals surface area (Å²) in [7, 11) is 0. The van der Waals surface area contributed by atoms with Crippen molar-refractivity contribution in [1.29, 1.82) is 0 Å². The Balaban J connectivity index is 1.80. The standard InChI is InChI=1S/C26H27FO6S/c1-16-3-4-19(23(11-12-28)33-24(15-29)26(31)32-17(2)30)13-20(16)14-22-9-10-25(34-22)18-5-7-21(27)8-6-18/h3-10,12-13,23-24,26,29,31H,11,14-15H2,1-2H3. The Morgan fingerprint density at radius 1 is 1.15 bits per heavy atom. The minimum Gasteiger partial charge on any atom is -0.433 e. The third-order valence-corrected chi connectivity index (χ3v) is 6.47. The van der Waals surface area contributed by atoms with E-state index >= 15 is 0 Å². The van der Waals surface area contributed by atoms with Crippen LogP contribution < -0.4 is 0 Å². The fraction of sp³-hybridized carbons (Fsp3) is 0.308. The Morgan fingerprint density at radius 2 is 1.88 bits per heavy atom. The molecule has 1 heterocycles. The molecule has 8 heteroatoms. The largest absolute Gasteiger partial charge is 0.433 e. The van der Waals surface area contributed by atoms with Gasteiger partial charge in [0.2, 0.25) is 6.29 Å². The Bertz CT molecular complexity index is 1110. The summed E-state index contributed by atoms with van der Waals surface area (Å²) < 4.78 is 23.7. The first-order valence-electron chi connectivity index (χ1n) is 10.8. The molecule has 6 nitrogen and oxygen atoms in total. The van der Waals surface area contributed by atoms with E-state index in [1.807, 2.05) is 37.3 Å². The van der Waals surface area contributed by atoms with E-state index in [0.29, 0.717) is 18.3 Å². The lowest BCUT2D eigenvalue weighted by Gasteiger charge is -2.26. The first-order chi connectivity index (χ1) is 16.3. The number of aliphatic hydroxyl groups is 2. The summed E-state index contributed by atoms with van der Waals surface area (Å²) in [4.78, 5) is 24.6. The van der Waals surface area contributed by atoms with Crippen LogP contribution >= 0.6 is 11.3 Å². The van der Waals surface area contributed by atoms with Crippen LogP contribution in [-0.4, -0.2) is 41.5 Å². The summed E-state index contributed by atoms with van der Waals surface area (Å²) >= 11 is 1.62. The van der Waals surface area contributed by atoms with Crippen LogP contribution in [0.5, 0.6) is 0 Å². The molecular formula is C26H27FO6S. The molecule has 0 saturated carbocycles. The fourth-order valence-corrected chi connectivity index (χ4v) is 4.56. The lowest BCUT2D eigenvalue weighted by molar-refractivity contribution is -0.206. The predicted octanol–water partition coefficient (Wildman–Crippen LogP) is 4.34. The smallest absolute Gasteiger partial charge is 0.305 e. The molecule has 0 amide bonds. The normalized spacial score (nSPS) is 13.8. The average Bonchev–Trinajstić information content (AvgIpc) is 3.26. The van der Waals surface area contributed by atoms with Crippen molar-refractivity contribution in [2.45, 2.75) is 45.2 Å². The van der Waals surface area contributed by atoms with Crippen molar-refractivity contribution in [2.24, 2.45) is 0 Å². The average molecular weight is 487 g/mol. The molecule has 0 spiro atoms. The molecule has 0 aliphatic rings. The van der Waals surface area contributed by atoms with E-state index in [9.17, 15) is 24.2 Å². The molecule has 2 aromatic carbocycles. The number of rotatable bonds is 11. The molecule has 3 aromatic rings. The van der Waals surface area contributed by atoms with E-state index in [1.54, 1.807) is 23.5 Å². The lowest BCUT2D eigenvalue weighted by Crippen LogP contribution is -2.36. The van der Waals surface area contributed by atoms with Gasteiger partial charge in [-0.1, -0.05) is 30.3 Å². The van der Waals surface area contributed by atoms with Crippen LogP contribution in [0.3, 0.4) is 0 Å². The van der Waals surface area contributed by atoms with Crippen LogP contribution in [0.2, 0.25) is 0 Å². The molecule has 1 aromatic heterocycles. The quantitative estimate of drug-likeness (QED) is 0.238. The second kappa shape index (κ2) is 12.0. The summed E-state index contributed by atoms with van der Waals surface area (Å²) in [6, 6.07) is 16.1. The van der Waals surface area contributed by atoms with Crippen LogP contribution in [0, 0.1) is 12.7 Å². The maximum atomic E-state index is 13.2. The summed E-state index contributed by atoms with van der Waals surface area (Å²) in [5.41, 5.74) is 3.75. The molecule has 180 valence electrons. The highest BCUT2D eigenvalue weighted by molar-refractivity contribution is 7.15. The second-order valence-electron chi connectivity index (χ2n) is 7.88. The van der Waals surface area contributed by atoms with E-state index in [0.717, 1.165) is 33.4 Å². The van der Waals surface area contributed by atoms with Crippen LogP contribution in [0.4, 0.5) is 4.39 Å². The van der Waals surface area contributed by atoms with Crippen molar-refractivity contribution in [2.75, 3.05) is 6.61 Å². The molecule has 0 fully saturated rings. The van der Waals surface area contributed by atoms with Gasteiger partial charge in [-0.25, -0.2) is 4.39 Å².